The monoisotopic (exact) mass is 293 g/mol. The van der Waals surface area contributed by atoms with E-state index in [1.165, 1.54) is 10.6 Å². The van der Waals surface area contributed by atoms with Crippen LogP contribution in [0.5, 0.6) is 0 Å². The second-order valence-corrected chi connectivity index (χ2v) is 5.56. The fourth-order valence-corrected chi connectivity index (χ4v) is 2.11. The Kier molecular flexibility index (Phi) is 6.14. The van der Waals surface area contributed by atoms with Crippen molar-refractivity contribution in [3.8, 4) is 0 Å². The van der Waals surface area contributed by atoms with Crippen LogP contribution in [-0.4, -0.2) is 22.4 Å². The maximum atomic E-state index is 11.9. The SMILES string of the molecule is Cc1cccc(=O)n1CCC(=O)N[C@H](CC(C)C)C(N)=O. The van der Waals surface area contributed by atoms with E-state index in [1.54, 1.807) is 6.07 Å². The number of hydrogen-bond donors (Lipinski definition) is 2. The molecule has 2 amide bonds. The van der Waals surface area contributed by atoms with Gasteiger partial charge in [-0.25, -0.2) is 0 Å². The van der Waals surface area contributed by atoms with Crippen LogP contribution in [0.4, 0.5) is 0 Å². The van der Waals surface area contributed by atoms with Crippen LogP contribution in [0, 0.1) is 12.8 Å². The topological polar surface area (TPSA) is 94.2 Å². The van der Waals surface area contributed by atoms with Crippen molar-refractivity contribution >= 4 is 11.8 Å². The Hall–Kier alpha value is -2.11. The number of nitrogens with two attached hydrogens (primary N) is 1. The van der Waals surface area contributed by atoms with Crippen LogP contribution in [0.3, 0.4) is 0 Å². The summed E-state index contributed by atoms with van der Waals surface area (Å²) in [6.45, 7) is 6.00. The highest BCUT2D eigenvalue weighted by Gasteiger charge is 2.19. The van der Waals surface area contributed by atoms with E-state index in [0.29, 0.717) is 6.42 Å². The van der Waals surface area contributed by atoms with Crippen molar-refractivity contribution in [2.45, 2.75) is 46.2 Å². The van der Waals surface area contributed by atoms with E-state index in [1.807, 2.05) is 26.8 Å². The largest absolute Gasteiger partial charge is 0.368 e. The van der Waals surface area contributed by atoms with Crippen LogP contribution in [0.25, 0.3) is 0 Å². The molecule has 0 aliphatic carbocycles. The van der Waals surface area contributed by atoms with Crippen LogP contribution in [0.2, 0.25) is 0 Å². The Balaban J connectivity index is 2.61. The molecule has 116 valence electrons. The first-order valence-corrected chi connectivity index (χ1v) is 7.06. The summed E-state index contributed by atoms with van der Waals surface area (Å²) >= 11 is 0. The lowest BCUT2D eigenvalue weighted by Crippen LogP contribution is -2.45. The van der Waals surface area contributed by atoms with Crippen molar-refractivity contribution in [2.75, 3.05) is 0 Å². The van der Waals surface area contributed by atoms with Gasteiger partial charge in [0.2, 0.25) is 11.8 Å². The molecule has 0 fully saturated rings. The van der Waals surface area contributed by atoms with Crippen LogP contribution in [0.1, 0.15) is 32.4 Å². The molecule has 6 nitrogen and oxygen atoms in total. The number of carbonyl (C=O) groups is 2. The Labute approximate surface area is 124 Å². The zero-order valence-corrected chi connectivity index (χ0v) is 12.8. The molecule has 0 aromatic carbocycles. The number of amides is 2. The minimum absolute atomic E-state index is 0.132. The van der Waals surface area contributed by atoms with Crippen LogP contribution >= 0.6 is 0 Å². The average Bonchev–Trinajstić information content (AvgIpc) is 2.36. The summed E-state index contributed by atoms with van der Waals surface area (Å²) in [6, 6.07) is 4.28. The fourth-order valence-electron chi connectivity index (χ4n) is 2.11. The molecular weight excluding hydrogens is 270 g/mol. The van der Waals surface area contributed by atoms with Gasteiger partial charge in [0.25, 0.3) is 5.56 Å². The smallest absolute Gasteiger partial charge is 0.250 e. The summed E-state index contributed by atoms with van der Waals surface area (Å²) in [5.41, 5.74) is 5.93. The number of rotatable bonds is 7. The molecule has 1 atom stereocenters. The Bertz CT molecular complexity index is 564. The van der Waals surface area contributed by atoms with Crippen LogP contribution in [-0.2, 0) is 16.1 Å². The third-order valence-corrected chi connectivity index (χ3v) is 3.22. The van der Waals surface area contributed by atoms with Gasteiger partial charge < -0.3 is 15.6 Å². The van der Waals surface area contributed by atoms with Gasteiger partial charge in [0.05, 0.1) is 0 Å². The maximum absolute atomic E-state index is 11.9. The van der Waals surface area contributed by atoms with Crippen molar-refractivity contribution in [3.63, 3.8) is 0 Å². The number of nitrogens with zero attached hydrogens (tertiary/aromatic N) is 1. The van der Waals surface area contributed by atoms with Crippen LogP contribution in [0.15, 0.2) is 23.0 Å². The van der Waals surface area contributed by atoms with Crippen molar-refractivity contribution in [1.82, 2.24) is 9.88 Å². The number of primary amides is 1. The van der Waals surface area contributed by atoms with Crippen molar-refractivity contribution < 1.29 is 9.59 Å². The summed E-state index contributed by atoms with van der Waals surface area (Å²) in [7, 11) is 0. The van der Waals surface area contributed by atoms with Gasteiger partial charge in [-0.2, -0.15) is 0 Å². The summed E-state index contributed by atoms with van der Waals surface area (Å²) < 4.78 is 1.53. The van der Waals surface area contributed by atoms with Gasteiger partial charge in [-0.3, -0.25) is 14.4 Å². The summed E-state index contributed by atoms with van der Waals surface area (Å²) in [4.78, 5) is 34.9. The van der Waals surface area contributed by atoms with Gasteiger partial charge in [0.15, 0.2) is 0 Å². The first-order valence-electron chi connectivity index (χ1n) is 7.06. The van der Waals surface area contributed by atoms with Crippen molar-refractivity contribution in [3.05, 3.63) is 34.2 Å². The summed E-state index contributed by atoms with van der Waals surface area (Å²) in [5, 5.41) is 2.63. The number of carbonyl (C=O) groups excluding carboxylic acids is 2. The van der Waals surface area contributed by atoms with Gasteiger partial charge in [0, 0.05) is 24.7 Å². The maximum Gasteiger partial charge on any atom is 0.250 e. The number of hydrogen-bond acceptors (Lipinski definition) is 3. The molecule has 21 heavy (non-hydrogen) atoms. The predicted molar refractivity (Wildman–Crippen MR) is 80.6 cm³/mol. The fraction of sp³-hybridized carbons (Fsp3) is 0.533. The second-order valence-electron chi connectivity index (χ2n) is 5.56. The van der Waals surface area contributed by atoms with E-state index >= 15 is 0 Å². The Morgan fingerprint density at radius 3 is 2.52 bits per heavy atom. The number of nitrogens with one attached hydrogen (secondary N) is 1. The third-order valence-electron chi connectivity index (χ3n) is 3.22. The molecule has 3 N–H and O–H groups in total. The quantitative estimate of drug-likeness (QED) is 0.769. The molecule has 1 heterocycles. The second kappa shape index (κ2) is 7.61. The molecule has 0 spiro atoms. The minimum Gasteiger partial charge on any atom is -0.368 e. The Morgan fingerprint density at radius 2 is 2.00 bits per heavy atom. The highest BCUT2D eigenvalue weighted by Crippen LogP contribution is 2.05. The average molecular weight is 293 g/mol. The number of aryl methyl sites for hydroxylation is 1. The lowest BCUT2D eigenvalue weighted by molar-refractivity contribution is -0.127. The van der Waals surface area contributed by atoms with Gasteiger partial charge in [-0.15, -0.1) is 0 Å². The van der Waals surface area contributed by atoms with E-state index in [2.05, 4.69) is 5.32 Å². The van der Waals surface area contributed by atoms with Crippen molar-refractivity contribution in [2.24, 2.45) is 11.7 Å². The third kappa shape index (κ3) is 5.41. The molecule has 0 saturated carbocycles. The first kappa shape index (κ1) is 16.9. The molecule has 1 rings (SSSR count). The molecule has 6 heteroatoms. The molecular formula is C15H23N3O3. The normalized spacial score (nSPS) is 12.2. The van der Waals surface area contributed by atoms with Gasteiger partial charge in [-0.1, -0.05) is 19.9 Å². The number of pyridine rings is 1. The molecule has 0 bridgehead atoms. The summed E-state index contributed by atoms with van der Waals surface area (Å²) in [6.07, 6.45) is 0.637. The van der Waals surface area contributed by atoms with E-state index < -0.39 is 11.9 Å². The lowest BCUT2D eigenvalue weighted by Gasteiger charge is -2.17. The minimum atomic E-state index is -0.661. The first-order chi connectivity index (χ1) is 9.81. The predicted octanol–water partition coefficient (Wildman–Crippen LogP) is 0.563. The van der Waals surface area contributed by atoms with E-state index in [4.69, 9.17) is 5.73 Å². The van der Waals surface area contributed by atoms with E-state index in [9.17, 15) is 14.4 Å². The molecule has 0 unspecified atom stereocenters. The standard InChI is InChI=1S/C15H23N3O3/c1-10(2)9-12(15(16)21)17-13(19)7-8-18-11(3)5-4-6-14(18)20/h4-6,10,12H,7-9H2,1-3H3,(H2,16,21)(H,17,19)/t12-/m1/s1. The van der Waals surface area contributed by atoms with Gasteiger partial charge in [0.1, 0.15) is 6.04 Å². The molecule has 0 aliphatic heterocycles. The zero-order valence-electron chi connectivity index (χ0n) is 12.8. The molecule has 0 radical (unpaired) electrons. The Morgan fingerprint density at radius 1 is 1.33 bits per heavy atom. The van der Waals surface area contributed by atoms with E-state index in [0.717, 1.165) is 5.69 Å². The van der Waals surface area contributed by atoms with E-state index in [-0.39, 0.29) is 30.3 Å². The molecule has 1 aromatic rings. The highest BCUT2D eigenvalue weighted by molar-refractivity contribution is 5.86. The molecule has 0 aliphatic rings. The summed E-state index contributed by atoms with van der Waals surface area (Å²) in [5.74, 6) is -0.568. The lowest BCUT2D eigenvalue weighted by atomic mass is 10.0. The van der Waals surface area contributed by atoms with Crippen LogP contribution < -0.4 is 16.6 Å². The molecule has 0 saturated heterocycles. The highest BCUT2D eigenvalue weighted by atomic mass is 16.2. The van der Waals surface area contributed by atoms with Gasteiger partial charge >= 0.3 is 0 Å². The molecule has 1 aromatic heterocycles. The van der Waals surface area contributed by atoms with Gasteiger partial charge in [-0.05, 0) is 25.3 Å². The zero-order chi connectivity index (χ0) is 16.0. The number of aromatic nitrogens is 1. The van der Waals surface area contributed by atoms with Crippen molar-refractivity contribution in [1.29, 1.82) is 0 Å².